The quantitative estimate of drug-likeness (QED) is 0.884. The van der Waals surface area contributed by atoms with Crippen molar-refractivity contribution in [2.24, 2.45) is 23.2 Å². The minimum absolute atomic E-state index is 0.0597. The lowest BCUT2D eigenvalue weighted by atomic mass is 9.45. The number of fused-ring (bicyclic) bond motifs is 3. The minimum Gasteiger partial charge on any atom is -0.361 e. The molecule has 3 saturated carbocycles. The molecule has 2 bridgehead atoms. The third kappa shape index (κ3) is 1.98. The Morgan fingerprint density at radius 2 is 2.18 bits per heavy atom. The molecule has 2 N–H and O–H groups in total. The lowest BCUT2D eigenvalue weighted by Gasteiger charge is -2.60. The van der Waals surface area contributed by atoms with Crippen molar-refractivity contribution in [3.63, 3.8) is 0 Å². The molecule has 0 unspecified atom stereocenters. The van der Waals surface area contributed by atoms with Crippen molar-refractivity contribution in [3.8, 4) is 0 Å². The van der Waals surface area contributed by atoms with Gasteiger partial charge in [0.05, 0.1) is 0 Å². The summed E-state index contributed by atoms with van der Waals surface area (Å²) in [5, 5.41) is 4.20. The summed E-state index contributed by atoms with van der Waals surface area (Å²) in [4.78, 5) is 15.7. The molecule has 1 aromatic heterocycles. The Morgan fingerprint density at radius 3 is 2.95 bits per heavy atom. The summed E-state index contributed by atoms with van der Waals surface area (Å²) in [7, 11) is 0. The summed E-state index contributed by atoms with van der Waals surface area (Å²) >= 11 is 0. The van der Waals surface area contributed by atoms with E-state index in [1.54, 1.807) is 0 Å². The average Bonchev–Trinajstić information content (AvgIpc) is 3.01. The largest absolute Gasteiger partial charge is 0.361 e. The Morgan fingerprint density at radius 1 is 1.32 bits per heavy atom. The second-order valence-corrected chi connectivity index (χ2v) is 7.65. The average molecular weight is 296 g/mol. The number of carbonyl (C=O) groups excluding carboxylic acids is 1. The standard InChI is InChI=1S/C19H24N2O/c1-19(2)13-7-6-12(16(19)10-13)11-21-18(22)15-4-3-5-17-14(15)8-9-20-17/h3-5,8-9,12-13,16,20H,6-7,10-11H2,1-2H3,(H,21,22)/t12-,13-,16-/m0/s1. The molecule has 3 atom stereocenters. The van der Waals surface area contributed by atoms with Gasteiger partial charge >= 0.3 is 0 Å². The van der Waals surface area contributed by atoms with Gasteiger partial charge in [-0.2, -0.15) is 0 Å². The summed E-state index contributed by atoms with van der Waals surface area (Å²) in [6, 6.07) is 7.83. The molecule has 3 aliphatic rings. The van der Waals surface area contributed by atoms with Crippen molar-refractivity contribution in [1.82, 2.24) is 10.3 Å². The van der Waals surface area contributed by atoms with E-state index >= 15 is 0 Å². The Bertz CT molecular complexity index is 713. The first kappa shape index (κ1) is 13.9. The van der Waals surface area contributed by atoms with Gasteiger partial charge in [-0.15, -0.1) is 0 Å². The molecule has 1 aromatic carbocycles. The van der Waals surface area contributed by atoms with Crippen molar-refractivity contribution < 1.29 is 4.79 Å². The van der Waals surface area contributed by atoms with E-state index in [-0.39, 0.29) is 5.91 Å². The van der Waals surface area contributed by atoms with Gasteiger partial charge in [0.25, 0.3) is 5.91 Å². The number of aromatic nitrogens is 1. The number of benzene rings is 1. The number of carbonyl (C=O) groups is 1. The third-order valence-corrected chi connectivity index (χ3v) is 6.37. The molecule has 5 rings (SSSR count). The Labute approximate surface area is 131 Å². The molecule has 22 heavy (non-hydrogen) atoms. The fraction of sp³-hybridized carbons (Fsp3) is 0.526. The van der Waals surface area contributed by atoms with Crippen molar-refractivity contribution >= 4 is 16.8 Å². The van der Waals surface area contributed by atoms with Crippen LogP contribution in [0.1, 0.15) is 43.5 Å². The van der Waals surface area contributed by atoms with Crippen LogP contribution in [0.4, 0.5) is 0 Å². The number of hydrogen-bond acceptors (Lipinski definition) is 1. The van der Waals surface area contributed by atoms with Crippen LogP contribution < -0.4 is 5.32 Å². The van der Waals surface area contributed by atoms with Gasteiger partial charge in [0.1, 0.15) is 0 Å². The molecule has 3 fully saturated rings. The number of hydrogen-bond donors (Lipinski definition) is 2. The second kappa shape index (κ2) is 4.87. The lowest BCUT2D eigenvalue weighted by molar-refractivity contribution is -0.103. The van der Waals surface area contributed by atoms with E-state index < -0.39 is 0 Å². The first-order valence-electron chi connectivity index (χ1n) is 8.41. The van der Waals surface area contributed by atoms with Crippen molar-refractivity contribution in [2.75, 3.05) is 6.54 Å². The van der Waals surface area contributed by atoms with E-state index in [1.807, 2.05) is 30.5 Å². The fourth-order valence-corrected chi connectivity index (χ4v) is 4.81. The zero-order chi connectivity index (χ0) is 15.3. The maximum atomic E-state index is 12.6. The molecule has 2 aromatic rings. The number of aromatic amines is 1. The van der Waals surface area contributed by atoms with E-state index in [1.165, 1.54) is 19.3 Å². The molecule has 3 aliphatic carbocycles. The molecule has 0 spiro atoms. The molecule has 0 radical (unpaired) electrons. The molecule has 0 aliphatic heterocycles. The van der Waals surface area contributed by atoms with Crippen molar-refractivity contribution in [3.05, 3.63) is 36.0 Å². The highest BCUT2D eigenvalue weighted by atomic mass is 16.1. The van der Waals surface area contributed by atoms with Crippen LogP contribution in [0.25, 0.3) is 10.9 Å². The summed E-state index contributed by atoms with van der Waals surface area (Å²) in [6.07, 6.45) is 5.85. The van der Waals surface area contributed by atoms with Gasteiger partial charge in [0, 0.05) is 29.2 Å². The summed E-state index contributed by atoms with van der Waals surface area (Å²) < 4.78 is 0. The number of nitrogens with one attached hydrogen (secondary N) is 2. The summed E-state index contributed by atoms with van der Waals surface area (Å²) in [5.41, 5.74) is 2.28. The molecular weight excluding hydrogens is 272 g/mol. The maximum absolute atomic E-state index is 12.6. The summed E-state index contributed by atoms with van der Waals surface area (Å²) in [5.74, 6) is 2.41. The van der Waals surface area contributed by atoms with Crippen molar-refractivity contribution in [2.45, 2.75) is 33.1 Å². The molecule has 1 heterocycles. The van der Waals surface area contributed by atoms with Gasteiger partial charge in [-0.3, -0.25) is 4.79 Å². The Kier molecular flexibility index (Phi) is 3.07. The second-order valence-electron chi connectivity index (χ2n) is 7.65. The number of H-pyrrole nitrogens is 1. The molecule has 0 saturated heterocycles. The highest BCUT2D eigenvalue weighted by molar-refractivity contribution is 6.06. The van der Waals surface area contributed by atoms with Crippen LogP contribution in [0.2, 0.25) is 0 Å². The van der Waals surface area contributed by atoms with Crippen LogP contribution in [-0.2, 0) is 0 Å². The highest BCUT2D eigenvalue weighted by Gasteiger charge is 2.53. The molecule has 3 nitrogen and oxygen atoms in total. The summed E-state index contributed by atoms with van der Waals surface area (Å²) in [6.45, 7) is 5.63. The Balaban J connectivity index is 1.46. The van der Waals surface area contributed by atoms with Crippen LogP contribution in [0.3, 0.4) is 0 Å². The first-order valence-corrected chi connectivity index (χ1v) is 8.41. The van der Waals surface area contributed by atoms with Gasteiger partial charge in [0.15, 0.2) is 0 Å². The molecule has 1 amide bonds. The van der Waals surface area contributed by atoms with Gasteiger partial charge < -0.3 is 10.3 Å². The first-order chi connectivity index (χ1) is 10.6. The zero-order valence-corrected chi connectivity index (χ0v) is 13.4. The lowest BCUT2D eigenvalue weighted by Crippen LogP contribution is -2.54. The molecule has 116 valence electrons. The Hall–Kier alpha value is -1.77. The van der Waals surface area contributed by atoms with Crippen LogP contribution >= 0.6 is 0 Å². The van der Waals surface area contributed by atoms with E-state index in [4.69, 9.17) is 0 Å². The van der Waals surface area contributed by atoms with E-state index in [2.05, 4.69) is 24.1 Å². The number of rotatable bonds is 3. The molecule has 3 heteroatoms. The van der Waals surface area contributed by atoms with Gasteiger partial charge in [0.2, 0.25) is 0 Å². The zero-order valence-electron chi connectivity index (χ0n) is 13.4. The van der Waals surface area contributed by atoms with Crippen LogP contribution in [0, 0.1) is 23.2 Å². The van der Waals surface area contributed by atoms with Crippen LogP contribution in [-0.4, -0.2) is 17.4 Å². The molecular formula is C19H24N2O. The van der Waals surface area contributed by atoms with E-state index in [0.717, 1.165) is 34.8 Å². The number of amides is 1. The SMILES string of the molecule is CC1(C)[C@H]2CC[C@@H](CNC(=O)c3cccc4[nH]ccc34)[C@@H]1C2. The van der Waals surface area contributed by atoms with E-state index in [9.17, 15) is 4.79 Å². The van der Waals surface area contributed by atoms with Gasteiger partial charge in [-0.1, -0.05) is 19.9 Å². The monoisotopic (exact) mass is 296 g/mol. The smallest absolute Gasteiger partial charge is 0.251 e. The van der Waals surface area contributed by atoms with Gasteiger partial charge in [-0.05, 0) is 60.6 Å². The van der Waals surface area contributed by atoms with Crippen LogP contribution in [0.15, 0.2) is 30.5 Å². The predicted molar refractivity (Wildman–Crippen MR) is 88.7 cm³/mol. The fourth-order valence-electron chi connectivity index (χ4n) is 4.81. The van der Waals surface area contributed by atoms with Crippen LogP contribution in [0.5, 0.6) is 0 Å². The van der Waals surface area contributed by atoms with E-state index in [0.29, 0.717) is 11.3 Å². The predicted octanol–water partition coefficient (Wildman–Crippen LogP) is 3.97. The third-order valence-electron chi connectivity index (χ3n) is 6.37. The highest BCUT2D eigenvalue weighted by Crippen LogP contribution is 2.61. The maximum Gasteiger partial charge on any atom is 0.251 e. The topological polar surface area (TPSA) is 44.9 Å². The normalized spacial score (nSPS) is 29.1. The van der Waals surface area contributed by atoms with Crippen molar-refractivity contribution in [1.29, 1.82) is 0 Å². The van der Waals surface area contributed by atoms with Gasteiger partial charge in [-0.25, -0.2) is 0 Å². The minimum atomic E-state index is 0.0597.